The first kappa shape index (κ1) is 18.0. The molecule has 128 valence electrons. The lowest BCUT2D eigenvalue weighted by Crippen LogP contribution is -2.34. The van der Waals surface area contributed by atoms with Gasteiger partial charge in [0.2, 0.25) is 0 Å². The van der Waals surface area contributed by atoms with Gasteiger partial charge in [0.25, 0.3) is 5.91 Å². The summed E-state index contributed by atoms with van der Waals surface area (Å²) in [6.45, 7) is 1.79. The molecule has 0 aromatic heterocycles. The van der Waals surface area contributed by atoms with Gasteiger partial charge >= 0.3 is 0 Å². The third-order valence-corrected chi connectivity index (χ3v) is 3.43. The molecular weight excluding hydrogens is 316 g/mol. The smallest absolute Gasteiger partial charge is 0.251 e. The van der Waals surface area contributed by atoms with Gasteiger partial charge in [0.05, 0.1) is 18.8 Å². The summed E-state index contributed by atoms with van der Waals surface area (Å²) in [4.78, 5) is 11.8. The second kappa shape index (κ2) is 8.52. The molecule has 0 radical (unpaired) electrons. The molecule has 24 heavy (non-hydrogen) atoms. The minimum Gasteiger partial charge on any atom is -0.389 e. The van der Waals surface area contributed by atoms with Gasteiger partial charge in [-0.15, -0.1) is 0 Å². The van der Waals surface area contributed by atoms with Crippen molar-refractivity contribution in [1.29, 1.82) is 0 Å². The molecule has 0 saturated carbocycles. The van der Waals surface area contributed by atoms with Crippen LogP contribution in [0.4, 0.5) is 8.78 Å². The van der Waals surface area contributed by atoms with Crippen LogP contribution in [-0.2, 0) is 4.74 Å². The van der Waals surface area contributed by atoms with Gasteiger partial charge in [-0.25, -0.2) is 8.78 Å². The molecular formula is C18H19F2NO3. The third-order valence-electron chi connectivity index (χ3n) is 3.43. The molecule has 0 heterocycles. The molecule has 0 bridgehead atoms. The zero-order valence-corrected chi connectivity index (χ0v) is 13.2. The number of amides is 1. The van der Waals surface area contributed by atoms with Crippen LogP contribution in [0, 0.1) is 11.6 Å². The van der Waals surface area contributed by atoms with Crippen LogP contribution in [0.25, 0.3) is 0 Å². The molecule has 0 aliphatic rings. The van der Waals surface area contributed by atoms with E-state index in [1.165, 1.54) is 0 Å². The Bertz CT molecular complexity index is 659. The fourth-order valence-electron chi connectivity index (χ4n) is 2.13. The van der Waals surface area contributed by atoms with Crippen molar-refractivity contribution < 1.29 is 23.4 Å². The Morgan fingerprint density at radius 2 is 1.79 bits per heavy atom. The van der Waals surface area contributed by atoms with Crippen molar-refractivity contribution in [1.82, 2.24) is 5.32 Å². The van der Waals surface area contributed by atoms with Gasteiger partial charge in [-0.2, -0.15) is 0 Å². The van der Waals surface area contributed by atoms with Crippen LogP contribution in [0.2, 0.25) is 0 Å². The number of ether oxygens (including phenoxy) is 1. The fraction of sp³-hybridized carbons (Fsp3) is 0.278. The van der Waals surface area contributed by atoms with Crippen LogP contribution in [-0.4, -0.2) is 30.3 Å². The summed E-state index contributed by atoms with van der Waals surface area (Å²) in [5.41, 5.74) is 0.835. The normalized spacial score (nSPS) is 13.3. The highest BCUT2D eigenvalue weighted by Gasteiger charge is 2.13. The quantitative estimate of drug-likeness (QED) is 0.818. The van der Waals surface area contributed by atoms with E-state index in [0.29, 0.717) is 6.07 Å². The lowest BCUT2D eigenvalue weighted by atomic mass is 10.1. The van der Waals surface area contributed by atoms with Gasteiger partial charge in [0.15, 0.2) is 0 Å². The monoisotopic (exact) mass is 335 g/mol. The van der Waals surface area contributed by atoms with Gasteiger partial charge in [0.1, 0.15) is 11.6 Å². The molecule has 0 spiro atoms. The van der Waals surface area contributed by atoms with E-state index >= 15 is 0 Å². The lowest BCUT2D eigenvalue weighted by Gasteiger charge is -2.17. The molecule has 0 saturated heterocycles. The molecule has 0 aliphatic carbocycles. The Balaban J connectivity index is 1.78. The van der Waals surface area contributed by atoms with Crippen LogP contribution in [0.15, 0.2) is 48.5 Å². The molecule has 0 aliphatic heterocycles. The first-order valence-electron chi connectivity index (χ1n) is 7.54. The van der Waals surface area contributed by atoms with Gasteiger partial charge in [-0.3, -0.25) is 4.79 Å². The Labute approximate surface area is 139 Å². The predicted molar refractivity (Wildman–Crippen MR) is 85.5 cm³/mol. The summed E-state index contributed by atoms with van der Waals surface area (Å²) < 4.78 is 31.7. The van der Waals surface area contributed by atoms with E-state index in [2.05, 4.69) is 5.32 Å². The second-order valence-electron chi connectivity index (χ2n) is 5.41. The average Bonchev–Trinajstić information content (AvgIpc) is 2.57. The van der Waals surface area contributed by atoms with E-state index in [9.17, 15) is 18.7 Å². The van der Waals surface area contributed by atoms with E-state index in [-0.39, 0.29) is 24.8 Å². The maximum absolute atomic E-state index is 13.1. The number of rotatable bonds is 7. The molecule has 0 fully saturated rings. The Morgan fingerprint density at radius 3 is 2.42 bits per heavy atom. The second-order valence-corrected chi connectivity index (χ2v) is 5.41. The number of aliphatic hydroxyl groups is 1. The van der Waals surface area contributed by atoms with Crippen molar-refractivity contribution in [2.24, 2.45) is 0 Å². The van der Waals surface area contributed by atoms with E-state index in [0.717, 1.165) is 17.7 Å². The zero-order valence-electron chi connectivity index (χ0n) is 13.2. The summed E-state index contributed by atoms with van der Waals surface area (Å²) >= 11 is 0. The maximum Gasteiger partial charge on any atom is 0.251 e. The number of aliphatic hydroxyl groups excluding tert-OH is 1. The summed E-state index contributed by atoms with van der Waals surface area (Å²) in [6.07, 6.45) is -1.13. The van der Waals surface area contributed by atoms with Crippen molar-refractivity contribution in [3.63, 3.8) is 0 Å². The third kappa shape index (κ3) is 5.40. The fourth-order valence-corrected chi connectivity index (χ4v) is 2.13. The van der Waals surface area contributed by atoms with Crippen molar-refractivity contribution in [3.05, 3.63) is 71.3 Å². The Morgan fingerprint density at radius 1 is 1.17 bits per heavy atom. The number of benzene rings is 2. The van der Waals surface area contributed by atoms with Crippen LogP contribution < -0.4 is 5.32 Å². The highest BCUT2D eigenvalue weighted by Crippen LogP contribution is 2.15. The molecule has 1 amide bonds. The molecule has 2 aromatic rings. The molecule has 6 heteroatoms. The molecule has 2 aromatic carbocycles. The van der Waals surface area contributed by atoms with Crippen LogP contribution in [0.5, 0.6) is 0 Å². The molecule has 2 rings (SSSR count). The molecule has 2 unspecified atom stereocenters. The van der Waals surface area contributed by atoms with Gasteiger partial charge in [-0.1, -0.05) is 30.3 Å². The minimum atomic E-state index is -0.932. The number of carbonyl (C=O) groups excluding carboxylic acids is 1. The van der Waals surface area contributed by atoms with Crippen LogP contribution in [0.1, 0.15) is 28.9 Å². The summed E-state index contributed by atoms with van der Waals surface area (Å²) in [6, 6.07) is 12.1. The number of halogens is 2. The summed E-state index contributed by atoms with van der Waals surface area (Å²) in [7, 11) is 0. The van der Waals surface area contributed by atoms with Gasteiger partial charge in [0, 0.05) is 18.2 Å². The van der Waals surface area contributed by atoms with Crippen molar-refractivity contribution in [2.45, 2.75) is 19.1 Å². The Hall–Kier alpha value is -2.31. The first-order chi connectivity index (χ1) is 11.5. The summed E-state index contributed by atoms with van der Waals surface area (Å²) in [5.74, 6) is -2.33. The minimum absolute atomic E-state index is 0.0217. The zero-order chi connectivity index (χ0) is 17.5. The SMILES string of the molecule is CC(OCC(O)CNC(=O)c1cc(F)cc(F)c1)c1ccccc1. The number of nitrogens with one attached hydrogen (secondary N) is 1. The first-order valence-corrected chi connectivity index (χ1v) is 7.54. The van der Waals surface area contributed by atoms with E-state index in [1.807, 2.05) is 37.3 Å². The van der Waals surface area contributed by atoms with Crippen molar-refractivity contribution in [3.8, 4) is 0 Å². The van der Waals surface area contributed by atoms with Crippen molar-refractivity contribution in [2.75, 3.05) is 13.2 Å². The molecule has 2 atom stereocenters. The standard InChI is InChI=1S/C18H19F2NO3/c1-12(13-5-3-2-4-6-13)24-11-17(22)10-21-18(23)14-7-15(19)9-16(20)8-14/h2-9,12,17,22H,10-11H2,1H3,(H,21,23). The van der Waals surface area contributed by atoms with Gasteiger partial charge < -0.3 is 15.2 Å². The highest BCUT2D eigenvalue weighted by molar-refractivity contribution is 5.94. The lowest BCUT2D eigenvalue weighted by molar-refractivity contribution is -0.00171. The van der Waals surface area contributed by atoms with Gasteiger partial charge in [-0.05, 0) is 24.6 Å². The van der Waals surface area contributed by atoms with E-state index < -0.39 is 23.6 Å². The van der Waals surface area contributed by atoms with Crippen LogP contribution in [0.3, 0.4) is 0 Å². The average molecular weight is 335 g/mol. The van der Waals surface area contributed by atoms with E-state index in [4.69, 9.17) is 4.74 Å². The number of hydrogen-bond acceptors (Lipinski definition) is 3. The number of hydrogen-bond donors (Lipinski definition) is 2. The van der Waals surface area contributed by atoms with Crippen LogP contribution >= 0.6 is 0 Å². The number of carbonyl (C=O) groups is 1. The Kier molecular flexibility index (Phi) is 6.40. The maximum atomic E-state index is 13.1. The highest BCUT2D eigenvalue weighted by atomic mass is 19.1. The molecule has 4 nitrogen and oxygen atoms in total. The predicted octanol–water partition coefficient (Wildman–Crippen LogP) is 2.83. The summed E-state index contributed by atoms with van der Waals surface area (Å²) in [5, 5.41) is 12.3. The largest absolute Gasteiger partial charge is 0.389 e. The molecule has 2 N–H and O–H groups in total. The van der Waals surface area contributed by atoms with E-state index in [1.54, 1.807) is 0 Å². The van der Waals surface area contributed by atoms with Crippen molar-refractivity contribution >= 4 is 5.91 Å². The topological polar surface area (TPSA) is 58.6 Å².